The highest BCUT2D eigenvalue weighted by atomic mass is 79.9. The number of carboxylic acid groups (broad SMARTS) is 1. The van der Waals surface area contributed by atoms with Gasteiger partial charge in [-0.1, -0.05) is 15.9 Å². The minimum absolute atomic E-state index is 0.0605. The van der Waals surface area contributed by atoms with Crippen LogP contribution in [-0.2, 0) is 14.3 Å². The van der Waals surface area contributed by atoms with Gasteiger partial charge in [0.1, 0.15) is 6.61 Å². The molecular weight excluding hydrogens is 228 g/mol. The van der Waals surface area contributed by atoms with Gasteiger partial charge in [0.15, 0.2) is 0 Å². The van der Waals surface area contributed by atoms with Crippen molar-refractivity contribution >= 4 is 27.9 Å². The molecule has 0 aliphatic heterocycles. The van der Waals surface area contributed by atoms with E-state index in [0.29, 0.717) is 0 Å². The van der Waals surface area contributed by atoms with E-state index in [1.54, 1.807) is 0 Å². The first kappa shape index (κ1) is 11.4. The lowest BCUT2D eigenvalue weighted by Crippen LogP contribution is -2.12. The lowest BCUT2D eigenvalue weighted by atomic mass is 10.3. The summed E-state index contributed by atoms with van der Waals surface area (Å²) >= 11 is 3.19. The van der Waals surface area contributed by atoms with Gasteiger partial charge in [0.05, 0.1) is 12.8 Å². The Balaban J connectivity index is 3.40. The Morgan fingerprint density at radius 2 is 2.08 bits per heavy atom. The quantitative estimate of drug-likeness (QED) is 0.577. The van der Waals surface area contributed by atoms with Crippen molar-refractivity contribution < 1.29 is 19.4 Å². The normalized spacial score (nSPS) is 12.2. The Kier molecular flexibility index (Phi) is 5.70. The van der Waals surface area contributed by atoms with Gasteiger partial charge in [-0.2, -0.15) is 0 Å². The molecule has 0 bridgehead atoms. The molecule has 0 spiro atoms. The molecule has 0 radical (unpaired) electrons. The first-order chi connectivity index (χ1) is 5.52. The van der Waals surface area contributed by atoms with Crippen LogP contribution >= 0.6 is 15.9 Å². The summed E-state index contributed by atoms with van der Waals surface area (Å²) in [7, 11) is 0. The first-order valence-corrected chi connectivity index (χ1v) is 4.45. The zero-order valence-electron chi connectivity index (χ0n) is 6.75. The highest BCUT2D eigenvalue weighted by Crippen LogP contribution is 1.99. The molecule has 1 unspecified atom stereocenters. The minimum atomic E-state index is -0.987. The smallest absolute Gasteiger partial charge is 0.306 e. The first-order valence-electron chi connectivity index (χ1n) is 3.54. The molecule has 12 heavy (non-hydrogen) atoms. The highest BCUT2D eigenvalue weighted by molar-refractivity contribution is 9.09. The van der Waals surface area contributed by atoms with E-state index >= 15 is 0 Å². The van der Waals surface area contributed by atoms with Crippen molar-refractivity contribution in [1.82, 2.24) is 0 Å². The maximum Gasteiger partial charge on any atom is 0.306 e. The Bertz CT molecular complexity index is 167. The Hall–Kier alpha value is -0.580. The predicted molar refractivity (Wildman–Crippen MR) is 46.2 cm³/mol. The molecule has 0 aromatic heterocycles. The van der Waals surface area contributed by atoms with E-state index in [2.05, 4.69) is 15.9 Å². The Morgan fingerprint density at radius 3 is 2.50 bits per heavy atom. The molecule has 4 nitrogen and oxygen atoms in total. The van der Waals surface area contributed by atoms with Gasteiger partial charge in [-0.15, -0.1) is 0 Å². The number of alkyl halides is 1. The van der Waals surface area contributed by atoms with Gasteiger partial charge in [0.2, 0.25) is 0 Å². The summed E-state index contributed by atoms with van der Waals surface area (Å²) in [5.41, 5.74) is 0. The number of carbonyl (C=O) groups is 2. The molecule has 70 valence electrons. The van der Waals surface area contributed by atoms with E-state index in [1.165, 1.54) is 0 Å². The molecule has 0 saturated heterocycles. The number of esters is 1. The van der Waals surface area contributed by atoms with Crippen molar-refractivity contribution in [3.63, 3.8) is 0 Å². The summed E-state index contributed by atoms with van der Waals surface area (Å²) in [6.45, 7) is 2.11. The van der Waals surface area contributed by atoms with Crippen LogP contribution in [-0.4, -0.2) is 28.5 Å². The van der Waals surface area contributed by atoms with Crippen LogP contribution in [0.3, 0.4) is 0 Å². The van der Waals surface area contributed by atoms with E-state index in [9.17, 15) is 9.59 Å². The van der Waals surface area contributed by atoms with Crippen molar-refractivity contribution in [3.05, 3.63) is 0 Å². The van der Waals surface area contributed by atoms with Crippen LogP contribution in [0.4, 0.5) is 0 Å². The number of aliphatic carboxylic acids is 1. The molecule has 1 atom stereocenters. The number of rotatable bonds is 5. The second-order valence-corrected chi connectivity index (χ2v) is 3.92. The van der Waals surface area contributed by atoms with Gasteiger partial charge in [0.25, 0.3) is 0 Å². The lowest BCUT2D eigenvalue weighted by molar-refractivity contribution is -0.147. The fourth-order valence-electron chi connectivity index (χ4n) is 0.489. The lowest BCUT2D eigenvalue weighted by Gasteiger charge is -2.04. The van der Waals surface area contributed by atoms with Gasteiger partial charge >= 0.3 is 11.9 Å². The van der Waals surface area contributed by atoms with Crippen LogP contribution in [0.15, 0.2) is 0 Å². The maximum atomic E-state index is 10.7. The van der Waals surface area contributed by atoms with Gasteiger partial charge in [-0.3, -0.25) is 9.59 Å². The third kappa shape index (κ3) is 7.53. The molecule has 0 rings (SSSR count). The van der Waals surface area contributed by atoms with Crippen molar-refractivity contribution in [2.75, 3.05) is 6.61 Å². The number of ether oxygens (including phenoxy) is 1. The number of carboxylic acids is 1. The summed E-state index contributed by atoms with van der Waals surface area (Å²) in [5, 5.41) is 8.22. The van der Waals surface area contributed by atoms with Crippen LogP contribution in [0.25, 0.3) is 0 Å². The molecule has 1 N–H and O–H groups in total. The molecule has 0 aromatic rings. The summed E-state index contributed by atoms with van der Waals surface area (Å²) in [6, 6.07) is 0. The van der Waals surface area contributed by atoms with Gasteiger partial charge < -0.3 is 9.84 Å². The summed E-state index contributed by atoms with van der Waals surface area (Å²) in [4.78, 5) is 20.9. The number of hydrogen-bond acceptors (Lipinski definition) is 3. The third-order valence-electron chi connectivity index (χ3n) is 1.02. The van der Waals surface area contributed by atoms with Gasteiger partial charge in [-0.25, -0.2) is 0 Å². The Labute approximate surface area is 79.0 Å². The number of halogens is 1. The highest BCUT2D eigenvalue weighted by Gasteiger charge is 2.07. The molecule has 0 fully saturated rings. The molecular formula is C7H11BrO4. The fourth-order valence-corrected chi connectivity index (χ4v) is 0.621. The van der Waals surface area contributed by atoms with E-state index in [0.717, 1.165) is 0 Å². The van der Waals surface area contributed by atoms with Crippen molar-refractivity contribution in [3.8, 4) is 0 Å². The average Bonchev–Trinajstić information content (AvgIpc) is 1.96. The number of carbonyl (C=O) groups excluding carboxylic acids is 1. The van der Waals surface area contributed by atoms with Crippen LogP contribution in [0, 0.1) is 0 Å². The second kappa shape index (κ2) is 5.99. The van der Waals surface area contributed by atoms with E-state index in [-0.39, 0.29) is 24.3 Å². The van der Waals surface area contributed by atoms with Crippen molar-refractivity contribution in [2.45, 2.75) is 24.6 Å². The maximum absolute atomic E-state index is 10.7. The Morgan fingerprint density at radius 1 is 1.50 bits per heavy atom. The summed E-state index contributed by atoms with van der Waals surface area (Å²) in [6.07, 6.45) is -0.232. The number of hydrogen-bond donors (Lipinski definition) is 1. The van der Waals surface area contributed by atoms with Crippen molar-refractivity contribution in [2.24, 2.45) is 0 Å². The average molecular weight is 239 g/mol. The molecule has 0 aliphatic rings. The summed E-state index contributed by atoms with van der Waals surface area (Å²) < 4.78 is 4.70. The zero-order chi connectivity index (χ0) is 9.56. The van der Waals surface area contributed by atoms with Crippen LogP contribution in [0.2, 0.25) is 0 Å². The van der Waals surface area contributed by atoms with Crippen LogP contribution in [0.5, 0.6) is 0 Å². The second-order valence-electron chi connectivity index (χ2n) is 2.36. The van der Waals surface area contributed by atoms with Crippen LogP contribution in [0.1, 0.15) is 19.8 Å². The van der Waals surface area contributed by atoms with Crippen molar-refractivity contribution in [1.29, 1.82) is 0 Å². The molecule has 0 aliphatic carbocycles. The van der Waals surface area contributed by atoms with E-state index in [4.69, 9.17) is 9.84 Å². The predicted octanol–water partition coefficient (Wildman–Crippen LogP) is 1.18. The van der Waals surface area contributed by atoms with Gasteiger partial charge in [-0.05, 0) is 6.92 Å². The molecule has 0 aromatic carbocycles. The largest absolute Gasteiger partial charge is 0.481 e. The van der Waals surface area contributed by atoms with Crippen LogP contribution < -0.4 is 0 Å². The van der Waals surface area contributed by atoms with Gasteiger partial charge in [0, 0.05) is 4.83 Å². The third-order valence-corrected chi connectivity index (χ3v) is 1.28. The zero-order valence-corrected chi connectivity index (χ0v) is 8.33. The van der Waals surface area contributed by atoms with E-state index in [1.807, 2.05) is 6.92 Å². The standard InChI is InChI=1S/C7H11BrO4/c1-5(8)4-12-7(11)3-2-6(9)10/h5H,2-4H2,1H3,(H,9,10). The summed E-state index contributed by atoms with van der Waals surface area (Å²) in [5.74, 6) is -1.46. The monoisotopic (exact) mass is 238 g/mol. The fraction of sp³-hybridized carbons (Fsp3) is 0.714. The molecule has 0 amide bonds. The topological polar surface area (TPSA) is 63.6 Å². The van der Waals surface area contributed by atoms with E-state index < -0.39 is 11.9 Å². The SMILES string of the molecule is CC(Br)COC(=O)CCC(=O)O. The molecule has 0 heterocycles. The molecule has 5 heteroatoms. The molecule has 0 saturated carbocycles. The minimum Gasteiger partial charge on any atom is -0.481 e.